The Morgan fingerprint density at radius 3 is 2.00 bits per heavy atom. The van der Waals surface area contributed by atoms with E-state index in [0.717, 1.165) is 0 Å². The van der Waals surface area contributed by atoms with Crippen LogP contribution in [0.15, 0.2) is 0 Å². The summed E-state index contributed by atoms with van der Waals surface area (Å²) in [5.41, 5.74) is 4.27. The minimum absolute atomic E-state index is 1.40. The number of amides is 1. The molecule has 0 saturated heterocycles. The van der Waals surface area contributed by atoms with E-state index in [1.165, 1.54) is 0 Å². The topological polar surface area (TPSA) is 63.3 Å². The Bertz CT molecular complexity index is 95.3. The van der Waals surface area contributed by atoms with Gasteiger partial charge in [0.15, 0.2) is 6.10 Å². The number of aliphatic hydroxyl groups excluding tert-OH is 1. The molecule has 3 nitrogen and oxygen atoms in total. The molecule has 1 unspecified atom stereocenters. The normalized spacial score (nSPS) is 14.0. The highest BCUT2D eigenvalue weighted by molar-refractivity contribution is 5.78. The predicted octanol–water partition coefficient (Wildman–Crippen LogP) is -0.902. The molecule has 0 aromatic rings. The SMILES string of the molecule is NC(=O)C(O)C(F)F. The Kier molecular flexibility index (Phi) is 2.33. The minimum atomic E-state index is -3.08. The van der Waals surface area contributed by atoms with Gasteiger partial charge in [0, 0.05) is 0 Å². The van der Waals surface area contributed by atoms with Crippen LogP contribution in [0.25, 0.3) is 0 Å². The molecule has 0 aliphatic carbocycles. The van der Waals surface area contributed by atoms with E-state index >= 15 is 0 Å². The first-order chi connectivity index (χ1) is 3.55. The second-order valence-corrected chi connectivity index (χ2v) is 1.18. The lowest BCUT2D eigenvalue weighted by molar-refractivity contribution is -0.133. The summed E-state index contributed by atoms with van der Waals surface area (Å²) in [5.74, 6) is -1.40. The van der Waals surface area contributed by atoms with Crippen molar-refractivity contribution in [1.82, 2.24) is 0 Å². The molecule has 48 valence electrons. The highest BCUT2D eigenvalue weighted by Crippen LogP contribution is 1.97. The smallest absolute Gasteiger partial charge is 0.273 e. The largest absolute Gasteiger partial charge is 0.378 e. The van der Waals surface area contributed by atoms with Gasteiger partial charge in [-0.05, 0) is 0 Å². The van der Waals surface area contributed by atoms with Crippen LogP contribution in [0.3, 0.4) is 0 Å². The lowest BCUT2D eigenvalue weighted by atomic mass is 10.4. The van der Waals surface area contributed by atoms with Crippen molar-refractivity contribution in [3.05, 3.63) is 0 Å². The molecular weight excluding hydrogens is 120 g/mol. The zero-order valence-electron chi connectivity index (χ0n) is 3.84. The summed E-state index contributed by atoms with van der Waals surface area (Å²) in [6.07, 6.45) is -5.40. The van der Waals surface area contributed by atoms with Gasteiger partial charge >= 0.3 is 0 Å². The van der Waals surface area contributed by atoms with Gasteiger partial charge in [-0.3, -0.25) is 4.79 Å². The summed E-state index contributed by atoms with van der Waals surface area (Å²) in [7, 11) is 0. The van der Waals surface area contributed by atoms with E-state index in [0.29, 0.717) is 0 Å². The van der Waals surface area contributed by atoms with Crippen molar-refractivity contribution in [2.45, 2.75) is 12.5 Å². The number of aliphatic hydroxyl groups is 1. The van der Waals surface area contributed by atoms with E-state index in [4.69, 9.17) is 5.11 Å². The summed E-state index contributed by atoms with van der Waals surface area (Å²) in [5, 5.41) is 7.98. The van der Waals surface area contributed by atoms with Crippen molar-refractivity contribution in [2.24, 2.45) is 5.73 Å². The minimum Gasteiger partial charge on any atom is -0.378 e. The van der Waals surface area contributed by atoms with Crippen LogP contribution >= 0.6 is 0 Å². The fraction of sp³-hybridized carbons (Fsp3) is 0.667. The fourth-order valence-electron chi connectivity index (χ4n) is 0.124. The highest BCUT2D eigenvalue weighted by Gasteiger charge is 2.21. The van der Waals surface area contributed by atoms with Crippen LogP contribution < -0.4 is 5.73 Å². The van der Waals surface area contributed by atoms with Gasteiger partial charge in [0.1, 0.15) is 0 Å². The van der Waals surface area contributed by atoms with Gasteiger partial charge in [-0.1, -0.05) is 0 Å². The van der Waals surface area contributed by atoms with Crippen molar-refractivity contribution < 1.29 is 18.7 Å². The molecule has 1 amide bonds. The Morgan fingerprint density at radius 2 is 2.00 bits per heavy atom. The third-order valence-corrected chi connectivity index (χ3v) is 0.530. The molecule has 8 heavy (non-hydrogen) atoms. The van der Waals surface area contributed by atoms with Crippen molar-refractivity contribution in [3.8, 4) is 0 Å². The zero-order valence-corrected chi connectivity index (χ0v) is 3.84. The van der Waals surface area contributed by atoms with Gasteiger partial charge in [0.2, 0.25) is 0 Å². The van der Waals surface area contributed by atoms with Gasteiger partial charge < -0.3 is 10.8 Å². The molecule has 0 aromatic heterocycles. The Morgan fingerprint density at radius 1 is 1.62 bits per heavy atom. The second kappa shape index (κ2) is 2.56. The molecule has 0 rings (SSSR count). The van der Waals surface area contributed by atoms with Crippen LogP contribution in [0.5, 0.6) is 0 Å². The fourth-order valence-corrected chi connectivity index (χ4v) is 0.124. The molecule has 0 aromatic carbocycles. The van der Waals surface area contributed by atoms with Gasteiger partial charge in [0.05, 0.1) is 0 Å². The Balaban J connectivity index is 3.64. The first-order valence-electron chi connectivity index (χ1n) is 1.81. The van der Waals surface area contributed by atoms with E-state index < -0.39 is 18.4 Å². The third-order valence-electron chi connectivity index (χ3n) is 0.530. The maximum atomic E-state index is 11.1. The summed E-state index contributed by atoms with van der Waals surface area (Å²) in [6.45, 7) is 0. The summed E-state index contributed by atoms with van der Waals surface area (Å²) in [6, 6.07) is 0. The van der Waals surface area contributed by atoms with Crippen LogP contribution in [0.4, 0.5) is 8.78 Å². The van der Waals surface area contributed by atoms with E-state index in [2.05, 4.69) is 5.73 Å². The number of primary amides is 1. The number of carbonyl (C=O) groups excluding carboxylic acids is 1. The van der Waals surface area contributed by atoms with Gasteiger partial charge in [-0.25, -0.2) is 8.78 Å². The third kappa shape index (κ3) is 1.83. The molecule has 3 N–H and O–H groups in total. The quantitative estimate of drug-likeness (QED) is 0.502. The molecule has 0 spiro atoms. The molecule has 0 saturated carbocycles. The Hall–Kier alpha value is -0.710. The molecule has 5 heteroatoms. The van der Waals surface area contributed by atoms with Crippen molar-refractivity contribution in [1.29, 1.82) is 0 Å². The second-order valence-electron chi connectivity index (χ2n) is 1.18. The van der Waals surface area contributed by atoms with Crippen LogP contribution in [-0.4, -0.2) is 23.5 Å². The Labute approximate surface area is 44.1 Å². The summed E-state index contributed by atoms with van der Waals surface area (Å²) < 4.78 is 22.3. The van der Waals surface area contributed by atoms with Gasteiger partial charge in [-0.15, -0.1) is 0 Å². The van der Waals surface area contributed by atoms with Crippen LogP contribution in [0.1, 0.15) is 0 Å². The molecule has 0 fully saturated rings. The zero-order chi connectivity index (χ0) is 6.73. The molecule has 0 bridgehead atoms. The predicted molar refractivity (Wildman–Crippen MR) is 21.2 cm³/mol. The van der Waals surface area contributed by atoms with Crippen LogP contribution in [0.2, 0.25) is 0 Å². The molecule has 0 heterocycles. The van der Waals surface area contributed by atoms with E-state index in [9.17, 15) is 13.6 Å². The summed E-state index contributed by atoms with van der Waals surface area (Å²) >= 11 is 0. The molecule has 1 atom stereocenters. The molecule has 0 aliphatic heterocycles. The standard InChI is InChI=1S/C3H5F2NO2/c4-2(5)1(7)3(6)8/h1-2,7H,(H2,6,8). The van der Waals surface area contributed by atoms with Crippen LogP contribution in [0, 0.1) is 0 Å². The molecular formula is C3H5F2NO2. The average Bonchev–Trinajstić information content (AvgIpc) is 1.64. The number of halogens is 2. The number of hydrogen-bond acceptors (Lipinski definition) is 2. The number of nitrogens with two attached hydrogens (primary N) is 1. The van der Waals surface area contributed by atoms with Gasteiger partial charge in [0.25, 0.3) is 12.3 Å². The molecule has 0 radical (unpaired) electrons. The van der Waals surface area contributed by atoms with Crippen molar-refractivity contribution >= 4 is 5.91 Å². The number of rotatable bonds is 2. The highest BCUT2D eigenvalue weighted by atomic mass is 19.3. The average molecular weight is 125 g/mol. The number of hydrogen-bond donors (Lipinski definition) is 2. The van der Waals surface area contributed by atoms with E-state index in [1.807, 2.05) is 0 Å². The maximum Gasteiger partial charge on any atom is 0.273 e. The van der Waals surface area contributed by atoms with Crippen molar-refractivity contribution in [2.75, 3.05) is 0 Å². The van der Waals surface area contributed by atoms with E-state index in [-0.39, 0.29) is 0 Å². The van der Waals surface area contributed by atoms with Crippen LogP contribution in [-0.2, 0) is 4.79 Å². The first-order valence-corrected chi connectivity index (χ1v) is 1.81. The summed E-state index contributed by atoms with van der Waals surface area (Å²) in [4.78, 5) is 9.63. The number of alkyl halides is 2. The lowest BCUT2D eigenvalue weighted by Gasteiger charge is -2.01. The first kappa shape index (κ1) is 7.29. The lowest BCUT2D eigenvalue weighted by Crippen LogP contribution is -2.34. The number of carbonyl (C=O) groups is 1. The van der Waals surface area contributed by atoms with Crippen molar-refractivity contribution in [3.63, 3.8) is 0 Å². The van der Waals surface area contributed by atoms with Gasteiger partial charge in [-0.2, -0.15) is 0 Å². The van der Waals surface area contributed by atoms with E-state index in [1.54, 1.807) is 0 Å². The monoisotopic (exact) mass is 125 g/mol. The maximum absolute atomic E-state index is 11.1. The molecule has 0 aliphatic rings.